The number of aromatic nitrogens is 2. The van der Waals surface area contributed by atoms with E-state index in [1.54, 1.807) is 18.2 Å². The molecule has 152 valence electrons. The molecule has 2 aliphatic rings. The Morgan fingerprint density at radius 2 is 1.93 bits per heavy atom. The molecule has 1 aliphatic carbocycles. The first-order valence-corrected chi connectivity index (χ1v) is 9.84. The Balaban J connectivity index is 1.56. The van der Waals surface area contributed by atoms with Gasteiger partial charge in [-0.1, -0.05) is 31.1 Å². The molecule has 8 heteroatoms. The van der Waals surface area contributed by atoms with Gasteiger partial charge in [-0.2, -0.15) is 5.48 Å². The molecule has 4 rings (SSSR count). The third-order valence-electron chi connectivity index (χ3n) is 5.54. The standard InChI is InChI=1S/C21H23FN4O3/c22-15-6-8-19-23-12-18(26(19)13-15)20(27)16-7-5-14(11-17(16)24-29)21(28)25-9-3-1-2-4-10-25/h5-8,11-13,16-17,24,29H,1-4,9-10H2. The Kier molecular flexibility index (Phi) is 5.55. The van der Waals surface area contributed by atoms with E-state index in [-0.39, 0.29) is 17.4 Å². The van der Waals surface area contributed by atoms with E-state index in [0.717, 1.165) is 38.8 Å². The maximum absolute atomic E-state index is 13.6. The number of Topliss-reactive ketones (excluding diaryl/α,β-unsaturated/α-hetero) is 1. The molecule has 1 amide bonds. The molecule has 2 aromatic heterocycles. The van der Waals surface area contributed by atoms with Crippen molar-refractivity contribution in [3.05, 3.63) is 59.8 Å². The lowest BCUT2D eigenvalue weighted by atomic mass is 9.87. The van der Waals surface area contributed by atoms with Crippen LogP contribution in [0.25, 0.3) is 5.65 Å². The highest BCUT2D eigenvalue weighted by Gasteiger charge is 2.32. The number of imidazole rings is 1. The van der Waals surface area contributed by atoms with Crippen LogP contribution >= 0.6 is 0 Å². The number of ketones is 1. The van der Waals surface area contributed by atoms with Gasteiger partial charge in [-0.15, -0.1) is 0 Å². The molecule has 0 saturated carbocycles. The Bertz CT molecular complexity index is 989. The monoisotopic (exact) mass is 398 g/mol. The zero-order chi connectivity index (χ0) is 20.4. The van der Waals surface area contributed by atoms with Crippen LogP contribution in [0, 0.1) is 11.7 Å². The first kappa shape index (κ1) is 19.5. The molecule has 7 nitrogen and oxygen atoms in total. The summed E-state index contributed by atoms with van der Waals surface area (Å²) in [6.07, 6.45) is 11.6. The number of pyridine rings is 1. The number of nitrogens with one attached hydrogen (secondary N) is 1. The highest BCUT2D eigenvalue weighted by molar-refractivity contribution is 6.01. The van der Waals surface area contributed by atoms with Crippen LogP contribution in [0.3, 0.4) is 0 Å². The minimum atomic E-state index is -0.766. The number of fused-ring (bicyclic) bond motifs is 1. The van der Waals surface area contributed by atoms with Crippen LogP contribution in [0.5, 0.6) is 0 Å². The summed E-state index contributed by atoms with van der Waals surface area (Å²) in [5, 5.41) is 9.63. The predicted molar refractivity (Wildman–Crippen MR) is 104 cm³/mol. The van der Waals surface area contributed by atoms with Crippen LogP contribution in [0.2, 0.25) is 0 Å². The molecule has 2 aromatic rings. The third kappa shape index (κ3) is 3.86. The van der Waals surface area contributed by atoms with Crippen LogP contribution < -0.4 is 5.48 Å². The highest BCUT2D eigenvalue weighted by atomic mass is 19.1. The fraction of sp³-hybridized carbons (Fsp3) is 0.381. The largest absolute Gasteiger partial charge is 0.339 e. The summed E-state index contributed by atoms with van der Waals surface area (Å²) in [6.45, 7) is 1.44. The van der Waals surface area contributed by atoms with Gasteiger partial charge in [0, 0.05) is 24.9 Å². The van der Waals surface area contributed by atoms with Gasteiger partial charge in [0.1, 0.15) is 17.2 Å². The van der Waals surface area contributed by atoms with Crippen molar-refractivity contribution in [2.75, 3.05) is 13.1 Å². The lowest BCUT2D eigenvalue weighted by Crippen LogP contribution is -2.40. The fourth-order valence-electron chi connectivity index (χ4n) is 3.95. The van der Waals surface area contributed by atoms with E-state index in [4.69, 9.17) is 0 Å². The van der Waals surface area contributed by atoms with Crippen LogP contribution in [0.15, 0.2) is 48.3 Å². The summed E-state index contributed by atoms with van der Waals surface area (Å²) in [5.74, 6) is -1.65. The molecule has 1 fully saturated rings. The van der Waals surface area contributed by atoms with Crippen LogP contribution in [0.4, 0.5) is 4.39 Å². The second-order valence-electron chi connectivity index (χ2n) is 7.45. The number of hydroxylamine groups is 1. The van der Waals surface area contributed by atoms with Gasteiger partial charge in [-0.25, -0.2) is 9.37 Å². The number of nitrogens with zero attached hydrogens (tertiary/aromatic N) is 3. The molecule has 3 heterocycles. The van der Waals surface area contributed by atoms with Crippen LogP contribution in [0.1, 0.15) is 36.2 Å². The van der Waals surface area contributed by atoms with Crippen molar-refractivity contribution in [2.24, 2.45) is 5.92 Å². The van der Waals surface area contributed by atoms with Gasteiger partial charge in [0.25, 0.3) is 5.91 Å². The van der Waals surface area contributed by atoms with Crippen molar-refractivity contribution in [3.63, 3.8) is 0 Å². The van der Waals surface area contributed by atoms with Crippen molar-refractivity contribution in [2.45, 2.75) is 31.7 Å². The molecular weight excluding hydrogens is 375 g/mol. The Labute approximate surface area is 167 Å². The van der Waals surface area contributed by atoms with Gasteiger partial charge in [0.05, 0.1) is 18.2 Å². The SMILES string of the molecule is O=C(c1cnc2ccc(F)cn12)C1C=CC(C(=O)N2CCCCCC2)=CC1NO. The van der Waals surface area contributed by atoms with E-state index in [0.29, 0.717) is 11.2 Å². The predicted octanol–water partition coefficient (Wildman–Crippen LogP) is 2.52. The molecular formula is C21H23FN4O3. The van der Waals surface area contributed by atoms with Crippen molar-refractivity contribution < 1.29 is 19.2 Å². The van der Waals surface area contributed by atoms with Crippen molar-refractivity contribution >= 4 is 17.3 Å². The molecule has 0 spiro atoms. The quantitative estimate of drug-likeness (QED) is 0.611. The van der Waals surface area contributed by atoms with E-state index in [1.165, 1.54) is 28.9 Å². The minimum absolute atomic E-state index is 0.0915. The first-order chi connectivity index (χ1) is 14.1. The number of rotatable bonds is 4. The van der Waals surface area contributed by atoms with E-state index < -0.39 is 17.8 Å². The molecule has 2 N–H and O–H groups in total. The zero-order valence-electron chi connectivity index (χ0n) is 15.9. The second kappa shape index (κ2) is 8.26. The number of amides is 1. The smallest absolute Gasteiger partial charge is 0.253 e. The lowest BCUT2D eigenvalue weighted by molar-refractivity contribution is -0.126. The molecule has 29 heavy (non-hydrogen) atoms. The van der Waals surface area contributed by atoms with Gasteiger partial charge in [-0.05, 0) is 25.0 Å². The summed E-state index contributed by atoms with van der Waals surface area (Å²) in [6, 6.07) is 2.00. The first-order valence-electron chi connectivity index (χ1n) is 9.84. The fourth-order valence-corrected chi connectivity index (χ4v) is 3.95. The molecule has 0 bridgehead atoms. The molecule has 1 saturated heterocycles. The lowest BCUT2D eigenvalue weighted by Gasteiger charge is -2.26. The zero-order valence-corrected chi connectivity index (χ0v) is 15.9. The Hall–Kier alpha value is -2.84. The van der Waals surface area contributed by atoms with E-state index >= 15 is 0 Å². The van der Waals surface area contributed by atoms with Gasteiger partial charge in [0.2, 0.25) is 0 Å². The van der Waals surface area contributed by atoms with Gasteiger partial charge in [0.15, 0.2) is 5.78 Å². The summed E-state index contributed by atoms with van der Waals surface area (Å²) in [5.41, 5.74) is 3.25. The number of halogens is 1. The summed E-state index contributed by atoms with van der Waals surface area (Å²) in [4.78, 5) is 31.9. The molecule has 0 aromatic carbocycles. The number of hydrogen-bond donors (Lipinski definition) is 2. The van der Waals surface area contributed by atoms with E-state index in [1.807, 2.05) is 4.90 Å². The maximum atomic E-state index is 13.6. The summed E-state index contributed by atoms with van der Waals surface area (Å²) < 4.78 is 15.0. The molecule has 1 aliphatic heterocycles. The topological polar surface area (TPSA) is 86.9 Å². The Morgan fingerprint density at radius 1 is 1.17 bits per heavy atom. The highest BCUT2D eigenvalue weighted by Crippen LogP contribution is 2.24. The second-order valence-corrected chi connectivity index (χ2v) is 7.45. The molecule has 2 unspecified atom stereocenters. The summed E-state index contributed by atoms with van der Waals surface area (Å²) >= 11 is 0. The molecule has 0 radical (unpaired) electrons. The maximum Gasteiger partial charge on any atom is 0.253 e. The summed E-state index contributed by atoms with van der Waals surface area (Å²) in [7, 11) is 0. The van der Waals surface area contributed by atoms with Gasteiger partial charge < -0.3 is 10.1 Å². The van der Waals surface area contributed by atoms with E-state index in [2.05, 4.69) is 10.5 Å². The van der Waals surface area contributed by atoms with Gasteiger partial charge in [-0.3, -0.25) is 14.0 Å². The van der Waals surface area contributed by atoms with Crippen molar-refractivity contribution in [1.82, 2.24) is 19.8 Å². The Morgan fingerprint density at radius 3 is 2.66 bits per heavy atom. The van der Waals surface area contributed by atoms with Gasteiger partial charge >= 0.3 is 0 Å². The number of hydrogen-bond acceptors (Lipinski definition) is 5. The van der Waals surface area contributed by atoms with E-state index in [9.17, 15) is 19.2 Å². The van der Waals surface area contributed by atoms with Crippen molar-refractivity contribution in [3.8, 4) is 0 Å². The average Bonchev–Trinajstić information content (AvgIpc) is 2.96. The third-order valence-corrected chi connectivity index (χ3v) is 5.54. The normalized spacial score (nSPS) is 22.4. The minimum Gasteiger partial charge on any atom is -0.339 e. The van der Waals surface area contributed by atoms with Crippen molar-refractivity contribution in [1.29, 1.82) is 0 Å². The number of likely N-dealkylation sites (tertiary alicyclic amines) is 1. The average molecular weight is 398 g/mol. The number of carbonyl (C=O) groups excluding carboxylic acids is 2. The number of carbonyl (C=O) groups is 2. The van der Waals surface area contributed by atoms with Crippen LogP contribution in [-0.4, -0.2) is 50.3 Å². The molecule has 2 atom stereocenters. The van der Waals surface area contributed by atoms with Crippen LogP contribution in [-0.2, 0) is 4.79 Å².